The SMILES string of the molecule is COc1ccc(S(=O)(=O)N2CCCC(C(=O)Nc3ccc4c(c3)C(=O)NC4=O)C2)cc1. The van der Waals surface area contributed by atoms with Crippen molar-refractivity contribution in [2.45, 2.75) is 17.7 Å². The molecular formula is C21H21N3O6S. The quantitative estimate of drug-likeness (QED) is 0.677. The van der Waals surface area contributed by atoms with Crippen molar-refractivity contribution in [2.24, 2.45) is 5.92 Å². The average molecular weight is 443 g/mol. The van der Waals surface area contributed by atoms with Crippen LogP contribution in [-0.4, -0.2) is 50.6 Å². The number of carbonyl (C=O) groups excluding carboxylic acids is 3. The van der Waals surface area contributed by atoms with Crippen LogP contribution in [0.3, 0.4) is 0 Å². The summed E-state index contributed by atoms with van der Waals surface area (Å²) in [6, 6.07) is 10.6. The molecule has 0 spiro atoms. The lowest BCUT2D eigenvalue weighted by molar-refractivity contribution is -0.120. The number of nitrogens with zero attached hydrogens (tertiary/aromatic N) is 1. The topological polar surface area (TPSA) is 122 Å². The van der Waals surface area contributed by atoms with Crippen molar-refractivity contribution in [1.82, 2.24) is 9.62 Å². The zero-order chi connectivity index (χ0) is 22.2. The van der Waals surface area contributed by atoms with Crippen LogP contribution in [0.4, 0.5) is 5.69 Å². The average Bonchev–Trinajstić information content (AvgIpc) is 3.06. The number of nitrogens with one attached hydrogen (secondary N) is 2. The summed E-state index contributed by atoms with van der Waals surface area (Å²) >= 11 is 0. The molecule has 9 nitrogen and oxygen atoms in total. The molecule has 2 aromatic rings. The first-order chi connectivity index (χ1) is 14.8. The van der Waals surface area contributed by atoms with Crippen LogP contribution in [0.15, 0.2) is 47.4 Å². The maximum absolute atomic E-state index is 13.0. The number of sulfonamides is 1. The minimum absolute atomic E-state index is 0.0596. The number of benzene rings is 2. The molecule has 4 rings (SSSR count). The Kier molecular flexibility index (Phi) is 5.50. The molecule has 0 aromatic heterocycles. The highest BCUT2D eigenvalue weighted by molar-refractivity contribution is 7.89. The molecule has 0 saturated carbocycles. The van der Waals surface area contributed by atoms with Gasteiger partial charge in [-0.2, -0.15) is 4.31 Å². The summed E-state index contributed by atoms with van der Waals surface area (Å²) in [4.78, 5) is 36.4. The summed E-state index contributed by atoms with van der Waals surface area (Å²) in [5, 5.41) is 4.93. The van der Waals surface area contributed by atoms with Gasteiger partial charge in [0, 0.05) is 18.8 Å². The number of imide groups is 1. The highest BCUT2D eigenvalue weighted by Crippen LogP contribution is 2.27. The predicted octanol–water partition coefficient (Wildman–Crippen LogP) is 1.62. The van der Waals surface area contributed by atoms with E-state index in [-0.39, 0.29) is 28.5 Å². The molecular weight excluding hydrogens is 422 g/mol. The zero-order valence-corrected chi connectivity index (χ0v) is 17.6. The first-order valence-electron chi connectivity index (χ1n) is 9.74. The third kappa shape index (κ3) is 4.04. The number of carbonyl (C=O) groups is 3. The fourth-order valence-electron chi connectivity index (χ4n) is 3.76. The van der Waals surface area contributed by atoms with Gasteiger partial charge >= 0.3 is 0 Å². The molecule has 1 unspecified atom stereocenters. The van der Waals surface area contributed by atoms with Crippen LogP contribution in [-0.2, 0) is 14.8 Å². The Labute approximate surface area is 179 Å². The monoisotopic (exact) mass is 443 g/mol. The van der Waals surface area contributed by atoms with Crippen LogP contribution >= 0.6 is 0 Å². The van der Waals surface area contributed by atoms with Gasteiger partial charge in [-0.05, 0) is 55.3 Å². The second-order valence-corrected chi connectivity index (χ2v) is 9.35. The molecule has 0 aliphatic carbocycles. The lowest BCUT2D eigenvalue weighted by Crippen LogP contribution is -2.43. The normalized spacial score (nSPS) is 18.9. The summed E-state index contributed by atoms with van der Waals surface area (Å²) in [6.07, 6.45) is 1.10. The molecule has 0 radical (unpaired) electrons. The van der Waals surface area contributed by atoms with Crippen molar-refractivity contribution in [3.8, 4) is 5.75 Å². The maximum Gasteiger partial charge on any atom is 0.259 e. The second-order valence-electron chi connectivity index (χ2n) is 7.41. The standard InChI is InChI=1S/C21H21N3O6S/c1-30-15-5-7-16(8-6-15)31(28,29)24-10-2-3-13(12-24)19(25)22-14-4-9-17-18(11-14)21(27)23-20(17)26/h4-9,11,13H,2-3,10,12H2,1H3,(H,22,25)(H,23,26,27). The second kappa shape index (κ2) is 8.12. The van der Waals surface area contributed by atoms with Crippen molar-refractivity contribution >= 4 is 33.4 Å². The van der Waals surface area contributed by atoms with Gasteiger partial charge in [-0.25, -0.2) is 8.42 Å². The Hall–Kier alpha value is -3.24. The van der Waals surface area contributed by atoms with Gasteiger partial charge in [0.1, 0.15) is 5.75 Å². The van der Waals surface area contributed by atoms with Crippen molar-refractivity contribution in [3.05, 3.63) is 53.6 Å². The van der Waals surface area contributed by atoms with Crippen LogP contribution in [0.1, 0.15) is 33.6 Å². The molecule has 3 amide bonds. The molecule has 31 heavy (non-hydrogen) atoms. The van der Waals surface area contributed by atoms with Crippen molar-refractivity contribution < 1.29 is 27.5 Å². The molecule has 2 aliphatic rings. The smallest absolute Gasteiger partial charge is 0.259 e. The molecule has 1 fully saturated rings. The summed E-state index contributed by atoms with van der Waals surface area (Å²) in [6.45, 7) is 0.392. The van der Waals surface area contributed by atoms with Crippen LogP contribution in [0, 0.1) is 5.92 Å². The van der Waals surface area contributed by atoms with Gasteiger partial charge in [0.15, 0.2) is 0 Å². The molecule has 2 N–H and O–H groups in total. The van der Waals surface area contributed by atoms with E-state index in [0.29, 0.717) is 30.8 Å². The van der Waals surface area contributed by atoms with E-state index in [9.17, 15) is 22.8 Å². The number of amides is 3. The number of hydrogen-bond acceptors (Lipinski definition) is 6. The van der Waals surface area contributed by atoms with Crippen molar-refractivity contribution in [2.75, 3.05) is 25.5 Å². The summed E-state index contributed by atoms with van der Waals surface area (Å²) in [7, 11) is -2.24. The molecule has 1 saturated heterocycles. The van der Waals surface area contributed by atoms with Crippen molar-refractivity contribution in [3.63, 3.8) is 0 Å². The van der Waals surface area contributed by atoms with Gasteiger partial charge in [0.25, 0.3) is 11.8 Å². The van der Waals surface area contributed by atoms with E-state index in [1.807, 2.05) is 0 Å². The Morgan fingerprint density at radius 1 is 1.10 bits per heavy atom. The fourth-order valence-corrected chi connectivity index (χ4v) is 5.29. The lowest BCUT2D eigenvalue weighted by atomic mass is 9.98. The maximum atomic E-state index is 13.0. The first-order valence-corrected chi connectivity index (χ1v) is 11.2. The predicted molar refractivity (Wildman–Crippen MR) is 111 cm³/mol. The third-order valence-electron chi connectivity index (χ3n) is 5.46. The minimum atomic E-state index is -3.74. The van der Waals surface area contributed by atoms with Crippen molar-refractivity contribution in [1.29, 1.82) is 0 Å². The summed E-state index contributed by atoms with van der Waals surface area (Å²) in [5.74, 6) is -1.29. The van der Waals surface area contributed by atoms with Crippen LogP contribution in [0.2, 0.25) is 0 Å². The van der Waals surface area contributed by atoms with Crippen LogP contribution in [0.5, 0.6) is 5.75 Å². The van der Waals surface area contributed by atoms with Gasteiger partial charge in [0.2, 0.25) is 15.9 Å². The van der Waals surface area contributed by atoms with Crippen LogP contribution < -0.4 is 15.4 Å². The van der Waals surface area contributed by atoms with Gasteiger partial charge in [-0.15, -0.1) is 0 Å². The Bertz CT molecular complexity index is 1160. The van der Waals surface area contributed by atoms with Gasteiger partial charge in [0.05, 0.1) is 29.1 Å². The largest absolute Gasteiger partial charge is 0.497 e. The van der Waals surface area contributed by atoms with Crippen LogP contribution in [0.25, 0.3) is 0 Å². The van der Waals surface area contributed by atoms with E-state index >= 15 is 0 Å². The zero-order valence-electron chi connectivity index (χ0n) is 16.8. The number of ether oxygens (including phenoxy) is 1. The first kappa shape index (κ1) is 21.0. The third-order valence-corrected chi connectivity index (χ3v) is 7.33. The molecule has 1 atom stereocenters. The molecule has 2 aromatic carbocycles. The van der Waals surface area contributed by atoms with E-state index in [0.717, 1.165) is 0 Å². The van der Waals surface area contributed by atoms with E-state index in [2.05, 4.69) is 10.6 Å². The molecule has 0 bridgehead atoms. The Balaban J connectivity index is 1.47. The van der Waals surface area contributed by atoms with Gasteiger partial charge in [-0.3, -0.25) is 19.7 Å². The molecule has 2 heterocycles. The molecule has 10 heteroatoms. The van der Waals surface area contributed by atoms with E-state index < -0.39 is 27.8 Å². The number of anilines is 1. The summed E-state index contributed by atoms with van der Waals surface area (Å²) < 4.78 is 32.4. The van der Waals surface area contributed by atoms with Gasteiger partial charge in [-0.1, -0.05) is 0 Å². The Morgan fingerprint density at radius 2 is 1.81 bits per heavy atom. The number of piperidine rings is 1. The van der Waals surface area contributed by atoms with E-state index in [4.69, 9.17) is 4.74 Å². The highest BCUT2D eigenvalue weighted by atomic mass is 32.2. The fraction of sp³-hybridized carbons (Fsp3) is 0.286. The lowest BCUT2D eigenvalue weighted by Gasteiger charge is -2.31. The van der Waals surface area contributed by atoms with E-state index in [1.54, 1.807) is 18.2 Å². The number of fused-ring (bicyclic) bond motifs is 1. The van der Waals surface area contributed by atoms with Gasteiger partial charge < -0.3 is 10.1 Å². The minimum Gasteiger partial charge on any atom is -0.497 e. The molecule has 2 aliphatic heterocycles. The number of hydrogen-bond donors (Lipinski definition) is 2. The number of rotatable bonds is 5. The Morgan fingerprint density at radius 3 is 2.52 bits per heavy atom. The van der Waals surface area contributed by atoms with E-state index in [1.165, 1.54) is 35.7 Å². The highest BCUT2D eigenvalue weighted by Gasteiger charge is 2.34. The molecule has 162 valence electrons. The summed E-state index contributed by atoms with van der Waals surface area (Å²) in [5.41, 5.74) is 0.844. The number of methoxy groups -OCH3 is 1.